The molecule has 43 heavy (non-hydrogen) atoms. The van der Waals surface area contributed by atoms with Crippen molar-refractivity contribution < 1.29 is 45.5 Å². The molecule has 0 aliphatic heterocycles. The van der Waals surface area contributed by atoms with Gasteiger partial charge >= 0.3 is 18.1 Å². The minimum Gasteiger partial charge on any atom is -0.480 e. The van der Waals surface area contributed by atoms with Crippen molar-refractivity contribution in [2.45, 2.75) is 37.9 Å². The zero-order valence-electron chi connectivity index (χ0n) is 22.9. The Bertz CT molecular complexity index is 1800. The minimum absolute atomic E-state index is 0.102. The first-order valence-electron chi connectivity index (χ1n) is 12.8. The van der Waals surface area contributed by atoms with Crippen LogP contribution in [0.15, 0.2) is 76.0 Å². The molecule has 0 bridgehead atoms. The van der Waals surface area contributed by atoms with Crippen LogP contribution < -0.4 is 15.4 Å². The Kier molecular flexibility index (Phi) is 8.64. The SMILES string of the molecule is Cc1c(C(=O)Nc2ccc(-c3ccc(S(=O)(=O)NC(C(=O)O)C(C)C)cc3)cc2)oc2cccc(NC(=O)C(F)(F)F)c12. The van der Waals surface area contributed by atoms with Crippen LogP contribution in [0.3, 0.4) is 0 Å². The normalized spacial score (nSPS) is 12.7. The molecule has 1 atom stereocenters. The molecule has 0 fully saturated rings. The monoisotopic (exact) mass is 617 g/mol. The van der Waals surface area contributed by atoms with Gasteiger partial charge in [0.1, 0.15) is 11.6 Å². The summed E-state index contributed by atoms with van der Waals surface area (Å²) in [7, 11) is -4.08. The number of alkyl halides is 3. The van der Waals surface area contributed by atoms with Crippen molar-refractivity contribution in [3.8, 4) is 11.1 Å². The third kappa shape index (κ3) is 6.87. The smallest absolute Gasteiger partial charge is 0.471 e. The van der Waals surface area contributed by atoms with Crippen LogP contribution in [-0.4, -0.2) is 43.5 Å². The van der Waals surface area contributed by atoms with Gasteiger partial charge in [-0.25, -0.2) is 8.42 Å². The van der Waals surface area contributed by atoms with Crippen LogP contribution >= 0.6 is 0 Å². The number of sulfonamides is 1. The second kappa shape index (κ2) is 11.9. The fourth-order valence-corrected chi connectivity index (χ4v) is 5.62. The van der Waals surface area contributed by atoms with Gasteiger partial charge in [0.25, 0.3) is 5.91 Å². The maximum atomic E-state index is 13.0. The van der Waals surface area contributed by atoms with Gasteiger partial charge in [-0.05, 0) is 60.4 Å². The van der Waals surface area contributed by atoms with Crippen LogP contribution in [0.1, 0.15) is 30.0 Å². The lowest BCUT2D eigenvalue weighted by molar-refractivity contribution is -0.167. The van der Waals surface area contributed by atoms with E-state index in [2.05, 4.69) is 10.0 Å². The lowest BCUT2D eigenvalue weighted by Gasteiger charge is -2.18. The molecule has 1 unspecified atom stereocenters. The van der Waals surface area contributed by atoms with Gasteiger partial charge in [0.05, 0.1) is 10.6 Å². The molecule has 1 heterocycles. The number of carbonyl (C=O) groups excluding carboxylic acids is 2. The molecule has 4 aromatic rings. The molecule has 2 amide bonds. The summed E-state index contributed by atoms with van der Waals surface area (Å²) in [5.74, 6) is -4.72. The fourth-order valence-electron chi connectivity index (χ4n) is 4.28. The number of carbonyl (C=O) groups is 3. The molecule has 14 heteroatoms. The number of anilines is 2. The second-order valence-corrected chi connectivity index (χ2v) is 11.6. The Morgan fingerprint density at radius 2 is 1.47 bits per heavy atom. The van der Waals surface area contributed by atoms with Gasteiger partial charge in [0, 0.05) is 16.6 Å². The number of carboxylic acids is 1. The number of halogens is 3. The van der Waals surface area contributed by atoms with Crippen LogP contribution in [-0.2, 0) is 19.6 Å². The summed E-state index contributed by atoms with van der Waals surface area (Å²) in [4.78, 5) is 35.7. The van der Waals surface area contributed by atoms with Crippen molar-refractivity contribution >= 4 is 50.2 Å². The molecule has 226 valence electrons. The van der Waals surface area contributed by atoms with E-state index in [9.17, 15) is 41.1 Å². The van der Waals surface area contributed by atoms with Crippen molar-refractivity contribution in [2.75, 3.05) is 10.6 Å². The van der Waals surface area contributed by atoms with Crippen molar-refractivity contribution in [3.05, 3.63) is 78.1 Å². The molecule has 0 saturated heterocycles. The molecule has 4 N–H and O–H groups in total. The fraction of sp³-hybridized carbons (Fsp3) is 0.207. The van der Waals surface area contributed by atoms with Crippen LogP contribution in [0, 0.1) is 12.8 Å². The number of rotatable bonds is 9. The van der Waals surface area contributed by atoms with Crippen LogP contribution in [0.2, 0.25) is 0 Å². The minimum atomic E-state index is -5.10. The van der Waals surface area contributed by atoms with Gasteiger partial charge in [0.15, 0.2) is 5.76 Å². The Morgan fingerprint density at radius 1 is 0.884 bits per heavy atom. The summed E-state index contributed by atoms with van der Waals surface area (Å²) in [5, 5.41) is 13.9. The van der Waals surface area contributed by atoms with Crippen LogP contribution in [0.25, 0.3) is 22.1 Å². The number of hydrogen-bond donors (Lipinski definition) is 4. The van der Waals surface area contributed by atoms with E-state index in [0.29, 0.717) is 16.8 Å². The molecule has 0 aliphatic rings. The maximum absolute atomic E-state index is 13.0. The molecular weight excluding hydrogens is 591 g/mol. The summed E-state index contributed by atoms with van der Waals surface area (Å²) >= 11 is 0. The standard InChI is InChI=1S/C29H26F3N3O7S/c1-15(2)24(27(37)38)35-43(40,41)20-13-9-18(10-14-20)17-7-11-19(12-8-17)33-26(36)25-16(3)23-21(5-4-6-22(23)42-25)34-28(39)29(30,31)32/h4-15,24,35H,1-3H3,(H,33,36)(H,34,39)(H,37,38). The number of amides is 2. The summed E-state index contributed by atoms with van der Waals surface area (Å²) in [6.07, 6.45) is -5.10. The first-order valence-corrected chi connectivity index (χ1v) is 14.2. The first-order chi connectivity index (χ1) is 20.1. The van der Waals surface area contributed by atoms with E-state index in [0.717, 1.165) is 0 Å². The van der Waals surface area contributed by atoms with E-state index in [-0.39, 0.29) is 32.9 Å². The Morgan fingerprint density at radius 3 is 2.00 bits per heavy atom. The van der Waals surface area contributed by atoms with Gasteiger partial charge in [-0.15, -0.1) is 0 Å². The quantitative estimate of drug-likeness (QED) is 0.192. The van der Waals surface area contributed by atoms with Gasteiger partial charge in [-0.3, -0.25) is 14.4 Å². The molecule has 1 aromatic heterocycles. The largest absolute Gasteiger partial charge is 0.480 e. The van der Waals surface area contributed by atoms with E-state index in [1.807, 2.05) is 0 Å². The average molecular weight is 618 g/mol. The Labute approximate surface area is 243 Å². The van der Waals surface area contributed by atoms with Crippen LogP contribution in [0.4, 0.5) is 24.5 Å². The number of aryl methyl sites for hydroxylation is 1. The zero-order chi connectivity index (χ0) is 31.7. The molecule has 3 aromatic carbocycles. The summed E-state index contributed by atoms with van der Waals surface area (Å²) < 4.78 is 71.4. The van der Waals surface area contributed by atoms with Gasteiger partial charge in [-0.1, -0.05) is 44.2 Å². The Balaban J connectivity index is 1.49. The number of furan rings is 1. The van der Waals surface area contributed by atoms with Crippen molar-refractivity contribution in [1.29, 1.82) is 0 Å². The second-order valence-electron chi connectivity index (χ2n) is 9.92. The predicted molar refractivity (Wildman–Crippen MR) is 152 cm³/mol. The number of benzene rings is 3. The van der Waals surface area contributed by atoms with E-state index >= 15 is 0 Å². The average Bonchev–Trinajstić information content (AvgIpc) is 3.28. The van der Waals surface area contributed by atoms with Crippen LogP contribution in [0.5, 0.6) is 0 Å². The number of fused-ring (bicyclic) bond motifs is 1. The number of hydrogen-bond acceptors (Lipinski definition) is 6. The number of nitrogens with one attached hydrogen (secondary N) is 3. The molecule has 4 rings (SSSR count). The molecule has 0 saturated carbocycles. The van der Waals surface area contributed by atoms with Gasteiger partial charge < -0.3 is 20.2 Å². The van der Waals surface area contributed by atoms with Crippen molar-refractivity contribution in [2.24, 2.45) is 5.92 Å². The van der Waals surface area contributed by atoms with Gasteiger partial charge in [-0.2, -0.15) is 17.9 Å². The number of aliphatic carboxylic acids is 1. The van der Waals surface area contributed by atoms with E-state index in [1.54, 1.807) is 55.6 Å². The zero-order valence-corrected chi connectivity index (χ0v) is 23.8. The highest BCUT2D eigenvalue weighted by Crippen LogP contribution is 2.33. The molecule has 10 nitrogen and oxygen atoms in total. The summed E-state index contributed by atoms with van der Waals surface area (Å²) in [6.45, 7) is 4.67. The summed E-state index contributed by atoms with van der Waals surface area (Å²) in [5.41, 5.74) is 1.90. The lowest BCUT2D eigenvalue weighted by Crippen LogP contribution is -2.44. The molecule has 0 spiro atoms. The Hall–Kier alpha value is -4.69. The van der Waals surface area contributed by atoms with E-state index in [4.69, 9.17) is 4.42 Å². The maximum Gasteiger partial charge on any atom is 0.471 e. The molecule has 0 aliphatic carbocycles. The third-order valence-electron chi connectivity index (χ3n) is 6.52. The lowest BCUT2D eigenvalue weighted by atomic mass is 10.1. The van der Waals surface area contributed by atoms with E-state index in [1.165, 1.54) is 37.3 Å². The van der Waals surface area contributed by atoms with Crippen molar-refractivity contribution in [3.63, 3.8) is 0 Å². The van der Waals surface area contributed by atoms with Crippen molar-refractivity contribution in [1.82, 2.24) is 4.72 Å². The van der Waals surface area contributed by atoms with E-state index < -0.39 is 45.9 Å². The molecular formula is C29H26F3N3O7S. The number of carboxylic acid groups (broad SMARTS) is 1. The summed E-state index contributed by atoms with van der Waals surface area (Å²) in [6, 6.07) is 15.2. The highest BCUT2D eigenvalue weighted by molar-refractivity contribution is 7.89. The van der Waals surface area contributed by atoms with Gasteiger partial charge in [0.2, 0.25) is 10.0 Å². The highest BCUT2D eigenvalue weighted by atomic mass is 32.2. The third-order valence-corrected chi connectivity index (χ3v) is 7.98. The predicted octanol–water partition coefficient (Wildman–Crippen LogP) is 5.55. The topological polar surface area (TPSA) is 155 Å². The highest BCUT2D eigenvalue weighted by Gasteiger charge is 2.39. The molecule has 0 radical (unpaired) electrons. The first kappa shape index (κ1) is 31.3.